The molecule has 3 aromatic rings. The van der Waals surface area contributed by atoms with Gasteiger partial charge in [0.2, 0.25) is 5.91 Å². The first-order valence-electron chi connectivity index (χ1n) is 10.3. The lowest BCUT2D eigenvalue weighted by atomic mass is 9.86. The molecule has 2 heterocycles. The van der Waals surface area contributed by atoms with Crippen molar-refractivity contribution in [3.63, 3.8) is 0 Å². The number of H-pyrrole nitrogens is 1. The first kappa shape index (κ1) is 21.2. The molecule has 1 atom stereocenters. The molecule has 1 aromatic heterocycles. The van der Waals surface area contributed by atoms with Gasteiger partial charge in [0.15, 0.2) is 5.16 Å². The number of amides is 1. The van der Waals surface area contributed by atoms with Crippen LogP contribution in [0, 0.1) is 6.92 Å². The number of nitrogens with zero attached hydrogens (tertiary/aromatic N) is 1. The molecular formula is C24H25N3O3S. The van der Waals surface area contributed by atoms with Gasteiger partial charge in [-0.1, -0.05) is 54.2 Å². The number of anilines is 1. The highest BCUT2D eigenvalue weighted by Gasteiger charge is 2.32. The number of fused-ring (bicyclic) bond motifs is 1. The van der Waals surface area contributed by atoms with Crippen LogP contribution in [-0.2, 0) is 10.5 Å². The van der Waals surface area contributed by atoms with Gasteiger partial charge in [0, 0.05) is 23.7 Å². The maximum absolute atomic E-state index is 13.1. The highest BCUT2D eigenvalue weighted by atomic mass is 32.2. The van der Waals surface area contributed by atoms with E-state index in [2.05, 4.69) is 34.3 Å². The lowest BCUT2D eigenvalue weighted by Gasteiger charge is -2.26. The van der Waals surface area contributed by atoms with Crippen LogP contribution in [0.4, 0.5) is 5.82 Å². The molecule has 0 radical (unpaired) electrons. The largest absolute Gasteiger partial charge is 0.491 e. The van der Waals surface area contributed by atoms with Gasteiger partial charge in [0.05, 0.1) is 11.7 Å². The fourth-order valence-corrected chi connectivity index (χ4v) is 4.67. The summed E-state index contributed by atoms with van der Waals surface area (Å²) < 4.78 is 5.94. The van der Waals surface area contributed by atoms with E-state index in [0.717, 1.165) is 5.56 Å². The maximum atomic E-state index is 13.1. The van der Waals surface area contributed by atoms with E-state index in [-0.39, 0.29) is 24.0 Å². The van der Waals surface area contributed by atoms with Crippen molar-refractivity contribution < 1.29 is 9.53 Å². The second-order valence-electron chi connectivity index (χ2n) is 7.86. The van der Waals surface area contributed by atoms with Gasteiger partial charge in [-0.25, -0.2) is 4.98 Å². The number of carbonyl (C=O) groups excluding carboxylic acids is 1. The Kier molecular flexibility index (Phi) is 6.13. The van der Waals surface area contributed by atoms with Crippen molar-refractivity contribution in [2.75, 3.05) is 5.32 Å². The Labute approximate surface area is 185 Å². The molecule has 1 amide bonds. The quantitative estimate of drug-likeness (QED) is 0.436. The summed E-state index contributed by atoms with van der Waals surface area (Å²) in [6.07, 6.45) is 0.154. The first-order chi connectivity index (χ1) is 14.9. The van der Waals surface area contributed by atoms with Gasteiger partial charge in [-0.3, -0.25) is 9.59 Å². The molecule has 160 valence electrons. The number of carbonyl (C=O) groups is 1. The smallest absolute Gasteiger partial charge is 0.257 e. The number of ether oxygens (including phenoxy) is 1. The number of aromatic nitrogens is 2. The van der Waals surface area contributed by atoms with Gasteiger partial charge in [0.25, 0.3) is 5.56 Å². The van der Waals surface area contributed by atoms with E-state index in [4.69, 9.17) is 4.74 Å². The Balaban J connectivity index is 1.68. The Morgan fingerprint density at radius 3 is 2.65 bits per heavy atom. The summed E-state index contributed by atoms with van der Waals surface area (Å²) >= 11 is 1.44. The fourth-order valence-electron chi connectivity index (χ4n) is 3.73. The van der Waals surface area contributed by atoms with Crippen molar-refractivity contribution in [2.24, 2.45) is 0 Å². The lowest BCUT2D eigenvalue weighted by Crippen LogP contribution is -2.31. The third kappa shape index (κ3) is 4.66. The summed E-state index contributed by atoms with van der Waals surface area (Å²) in [7, 11) is 0. The monoisotopic (exact) mass is 435 g/mol. The Morgan fingerprint density at radius 2 is 1.87 bits per heavy atom. The van der Waals surface area contributed by atoms with Crippen molar-refractivity contribution in [3.8, 4) is 5.75 Å². The van der Waals surface area contributed by atoms with Crippen molar-refractivity contribution in [1.82, 2.24) is 9.97 Å². The summed E-state index contributed by atoms with van der Waals surface area (Å²) in [6, 6.07) is 15.7. The van der Waals surface area contributed by atoms with Gasteiger partial charge in [-0.2, -0.15) is 0 Å². The predicted octanol–water partition coefficient (Wildman–Crippen LogP) is 4.63. The highest BCUT2D eigenvalue weighted by Crippen LogP contribution is 2.39. The molecule has 0 fully saturated rings. The predicted molar refractivity (Wildman–Crippen MR) is 123 cm³/mol. The van der Waals surface area contributed by atoms with Crippen LogP contribution >= 0.6 is 11.8 Å². The van der Waals surface area contributed by atoms with Crippen molar-refractivity contribution in [3.05, 3.63) is 81.1 Å². The second kappa shape index (κ2) is 8.98. The Morgan fingerprint density at radius 1 is 1.13 bits per heavy atom. The summed E-state index contributed by atoms with van der Waals surface area (Å²) in [6.45, 7) is 5.95. The number of hydrogen-bond acceptors (Lipinski definition) is 5. The molecule has 6 nitrogen and oxygen atoms in total. The minimum atomic E-state index is -0.412. The van der Waals surface area contributed by atoms with Gasteiger partial charge in [-0.15, -0.1) is 0 Å². The zero-order chi connectivity index (χ0) is 22.0. The summed E-state index contributed by atoms with van der Waals surface area (Å²) in [4.78, 5) is 33.0. The molecule has 2 aromatic carbocycles. The Hall–Kier alpha value is -3.06. The van der Waals surface area contributed by atoms with Crippen LogP contribution in [0.1, 0.15) is 48.4 Å². The molecule has 7 heteroatoms. The molecule has 0 spiro atoms. The minimum Gasteiger partial charge on any atom is -0.491 e. The zero-order valence-corrected chi connectivity index (χ0v) is 18.6. The van der Waals surface area contributed by atoms with Gasteiger partial charge in [-0.05, 0) is 38.0 Å². The number of hydrogen-bond donors (Lipinski definition) is 2. The molecule has 2 N–H and O–H groups in total. The number of nitrogens with one attached hydrogen (secondary N) is 2. The number of thioether (sulfide) groups is 1. The lowest BCUT2D eigenvalue weighted by molar-refractivity contribution is -0.116. The number of benzene rings is 2. The van der Waals surface area contributed by atoms with Crippen molar-refractivity contribution in [2.45, 2.75) is 50.1 Å². The topological polar surface area (TPSA) is 84.1 Å². The molecule has 0 bridgehead atoms. The molecule has 31 heavy (non-hydrogen) atoms. The SMILES string of the molecule is Cc1ccccc1CSc1nc2c(c(=O)[nH]1)C(c1ccccc1OC(C)C)CC(=O)N2. The number of para-hydroxylation sites is 1. The first-order valence-corrected chi connectivity index (χ1v) is 11.3. The van der Waals surface area contributed by atoms with Crippen LogP contribution in [0.5, 0.6) is 5.75 Å². The maximum Gasteiger partial charge on any atom is 0.257 e. The van der Waals surface area contributed by atoms with Gasteiger partial charge < -0.3 is 15.0 Å². The summed E-state index contributed by atoms with van der Waals surface area (Å²) in [5.74, 6) is 1.11. The molecule has 1 unspecified atom stereocenters. The standard InChI is InChI=1S/C24H25N3O3S/c1-14(2)30-19-11-7-6-10-17(19)18-12-20(28)25-22-21(18)23(29)27-24(26-22)31-13-16-9-5-4-8-15(16)3/h4-11,14,18H,12-13H2,1-3H3,(H2,25,26,27,28,29). The van der Waals surface area contributed by atoms with E-state index in [0.29, 0.717) is 28.0 Å². The van der Waals surface area contributed by atoms with Crippen molar-refractivity contribution >= 4 is 23.5 Å². The number of aryl methyl sites for hydroxylation is 1. The molecule has 0 saturated carbocycles. The molecule has 0 saturated heterocycles. The highest BCUT2D eigenvalue weighted by molar-refractivity contribution is 7.98. The summed E-state index contributed by atoms with van der Waals surface area (Å²) in [5, 5.41) is 3.27. The fraction of sp³-hybridized carbons (Fsp3) is 0.292. The third-order valence-corrected chi connectivity index (χ3v) is 6.13. The molecule has 1 aliphatic heterocycles. The number of rotatable bonds is 6. The Bertz CT molecular complexity index is 1170. The van der Waals surface area contributed by atoms with Crippen LogP contribution in [0.25, 0.3) is 0 Å². The summed E-state index contributed by atoms with van der Waals surface area (Å²) in [5.41, 5.74) is 3.42. The molecule has 0 aliphatic carbocycles. The van der Waals surface area contributed by atoms with E-state index in [1.54, 1.807) is 0 Å². The van der Waals surface area contributed by atoms with Crippen LogP contribution in [-0.4, -0.2) is 22.0 Å². The van der Waals surface area contributed by atoms with Crippen LogP contribution in [0.3, 0.4) is 0 Å². The molecular weight excluding hydrogens is 410 g/mol. The third-order valence-electron chi connectivity index (χ3n) is 5.21. The zero-order valence-electron chi connectivity index (χ0n) is 17.8. The molecule has 4 rings (SSSR count). The van der Waals surface area contributed by atoms with E-state index < -0.39 is 5.92 Å². The number of aromatic amines is 1. The normalized spacial score (nSPS) is 15.5. The van der Waals surface area contributed by atoms with Gasteiger partial charge >= 0.3 is 0 Å². The van der Waals surface area contributed by atoms with Gasteiger partial charge in [0.1, 0.15) is 11.6 Å². The van der Waals surface area contributed by atoms with E-state index in [1.807, 2.05) is 50.2 Å². The minimum absolute atomic E-state index is 0.0188. The average Bonchev–Trinajstić information content (AvgIpc) is 2.72. The van der Waals surface area contributed by atoms with Crippen LogP contribution in [0.2, 0.25) is 0 Å². The second-order valence-corrected chi connectivity index (χ2v) is 8.82. The van der Waals surface area contributed by atoms with Crippen LogP contribution < -0.4 is 15.6 Å². The van der Waals surface area contributed by atoms with Crippen LogP contribution in [0.15, 0.2) is 58.5 Å². The van der Waals surface area contributed by atoms with E-state index >= 15 is 0 Å². The molecule has 1 aliphatic rings. The van der Waals surface area contributed by atoms with E-state index in [9.17, 15) is 9.59 Å². The average molecular weight is 436 g/mol. The van der Waals surface area contributed by atoms with E-state index in [1.165, 1.54) is 22.9 Å². The van der Waals surface area contributed by atoms with Crippen molar-refractivity contribution in [1.29, 1.82) is 0 Å².